The predicted molar refractivity (Wildman–Crippen MR) is 135 cm³/mol. The van der Waals surface area contributed by atoms with E-state index in [1.807, 2.05) is 44.7 Å². The zero-order valence-electron chi connectivity index (χ0n) is 19.9. The lowest BCUT2D eigenvalue weighted by Gasteiger charge is -2.37. The number of esters is 1. The predicted octanol–water partition coefficient (Wildman–Crippen LogP) is 4.73. The normalized spacial score (nSPS) is 15.9. The van der Waals surface area contributed by atoms with Crippen LogP contribution in [0.4, 0.5) is 10.1 Å². The van der Waals surface area contributed by atoms with Gasteiger partial charge in [-0.15, -0.1) is 0 Å². The Labute approximate surface area is 205 Å². The van der Waals surface area contributed by atoms with Crippen molar-refractivity contribution >= 4 is 34.9 Å². The quantitative estimate of drug-likeness (QED) is 0.418. The van der Waals surface area contributed by atoms with E-state index in [0.29, 0.717) is 29.5 Å². The first-order valence-electron chi connectivity index (χ1n) is 11.3. The van der Waals surface area contributed by atoms with Gasteiger partial charge in [0.25, 0.3) is 0 Å². The summed E-state index contributed by atoms with van der Waals surface area (Å²) in [5, 5.41) is 6.65. The number of nitrogens with one attached hydrogen (secondary N) is 2. The van der Waals surface area contributed by atoms with Gasteiger partial charge in [0.15, 0.2) is 5.11 Å². The second-order valence-electron chi connectivity index (χ2n) is 8.59. The van der Waals surface area contributed by atoms with E-state index in [4.69, 9.17) is 17.0 Å². The van der Waals surface area contributed by atoms with Crippen molar-refractivity contribution in [2.45, 2.75) is 40.2 Å². The molecular weight excluding hydrogens is 453 g/mol. The highest BCUT2D eigenvalue weighted by Crippen LogP contribution is 2.32. The highest BCUT2D eigenvalue weighted by molar-refractivity contribution is 7.80. The molecule has 2 N–H and O–H groups in total. The molecule has 1 atom stereocenters. The summed E-state index contributed by atoms with van der Waals surface area (Å²) in [5.41, 5.74) is 3.45. The van der Waals surface area contributed by atoms with E-state index in [-0.39, 0.29) is 30.0 Å². The minimum absolute atomic E-state index is 0.140. The molecule has 34 heavy (non-hydrogen) atoms. The second kappa shape index (κ2) is 11.2. The maximum Gasteiger partial charge on any atom is 0.338 e. The van der Waals surface area contributed by atoms with Gasteiger partial charge in [-0.1, -0.05) is 38.1 Å². The Bertz CT molecular complexity index is 1080. The van der Waals surface area contributed by atoms with Gasteiger partial charge in [-0.05, 0) is 67.4 Å². The van der Waals surface area contributed by atoms with Crippen LogP contribution in [0.5, 0.6) is 0 Å². The topological polar surface area (TPSA) is 70.7 Å². The number of nitrogens with zero attached hydrogens (tertiary/aromatic N) is 1. The van der Waals surface area contributed by atoms with E-state index >= 15 is 0 Å². The number of anilines is 1. The molecule has 1 aliphatic heterocycles. The van der Waals surface area contributed by atoms with Crippen molar-refractivity contribution in [2.24, 2.45) is 5.92 Å². The molecule has 6 nitrogen and oxygen atoms in total. The number of hydrogen-bond acceptors (Lipinski definition) is 4. The Morgan fingerprint density at radius 3 is 2.38 bits per heavy atom. The minimum atomic E-state index is -0.459. The first-order chi connectivity index (χ1) is 16.2. The van der Waals surface area contributed by atoms with Crippen molar-refractivity contribution < 1.29 is 18.7 Å². The molecule has 2 aromatic rings. The van der Waals surface area contributed by atoms with Crippen molar-refractivity contribution in [1.29, 1.82) is 0 Å². The van der Waals surface area contributed by atoms with Crippen molar-refractivity contribution in [2.75, 3.05) is 18.5 Å². The number of hydrogen-bond donors (Lipinski definition) is 2. The summed E-state index contributed by atoms with van der Waals surface area (Å²) < 4.78 is 18.6. The van der Waals surface area contributed by atoms with Gasteiger partial charge in [-0.3, -0.25) is 4.79 Å². The molecule has 0 saturated carbocycles. The molecule has 0 bridgehead atoms. The van der Waals surface area contributed by atoms with Gasteiger partial charge in [-0.25, -0.2) is 9.18 Å². The van der Waals surface area contributed by atoms with Crippen molar-refractivity contribution in [3.8, 4) is 0 Å². The molecule has 0 spiro atoms. The number of rotatable bonds is 8. The smallest absolute Gasteiger partial charge is 0.338 e. The molecule has 180 valence electrons. The molecule has 8 heteroatoms. The SMILES string of the molecule is CCN1C(=S)NC(c2ccc(NC(=O)Cc3ccc(F)cc3)cc2)C(C(=O)OCC(C)C)=C1C. The number of benzene rings is 2. The van der Waals surface area contributed by atoms with Crippen molar-refractivity contribution in [1.82, 2.24) is 10.2 Å². The summed E-state index contributed by atoms with van der Waals surface area (Å²) in [5.74, 6) is -0.694. The highest BCUT2D eigenvalue weighted by Gasteiger charge is 2.34. The zero-order valence-corrected chi connectivity index (χ0v) is 20.7. The summed E-state index contributed by atoms with van der Waals surface area (Å²) in [6.07, 6.45) is 0.140. The van der Waals surface area contributed by atoms with Gasteiger partial charge in [-0.2, -0.15) is 0 Å². The summed E-state index contributed by atoms with van der Waals surface area (Å²) in [6, 6.07) is 12.6. The third-order valence-corrected chi connectivity index (χ3v) is 5.82. The monoisotopic (exact) mass is 483 g/mol. The van der Waals surface area contributed by atoms with Crippen LogP contribution in [0.2, 0.25) is 0 Å². The van der Waals surface area contributed by atoms with E-state index < -0.39 is 6.04 Å². The molecule has 0 radical (unpaired) electrons. The molecule has 1 unspecified atom stereocenters. The fourth-order valence-corrected chi connectivity index (χ4v) is 4.13. The molecule has 2 aromatic carbocycles. The van der Waals surface area contributed by atoms with E-state index in [1.165, 1.54) is 12.1 Å². The minimum Gasteiger partial charge on any atom is -0.462 e. The van der Waals surface area contributed by atoms with Crippen LogP contribution in [-0.4, -0.2) is 35.0 Å². The van der Waals surface area contributed by atoms with Crippen LogP contribution < -0.4 is 10.6 Å². The van der Waals surface area contributed by atoms with Crippen LogP contribution in [0.25, 0.3) is 0 Å². The lowest BCUT2D eigenvalue weighted by atomic mass is 9.94. The number of thiocarbonyl (C=S) groups is 1. The molecule has 1 amide bonds. The first-order valence-corrected chi connectivity index (χ1v) is 11.7. The van der Waals surface area contributed by atoms with E-state index in [9.17, 15) is 14.0 Å². The van der Waals surface area contributed by atoms with E-state index in [0.717, 1.165) is 16.8 Å². The average Bonchev–Trinajstić information content (AvgIpc) is 2.79. The summed E-state index contributed by atoms with van der Waals surface area (Å²) >= 11 is 5.53. The van der Waals surface area contributed by atoms with Gasteiger partial charge >= 0.3 is 5.97 Å². The lowest BCUT2D eigenvalue weighted by molar-refractivity contribution is -0.140. The number of ether oxygens (including phenoxy) is 1. The largest absolute Gasteiger partial charge is 0.462 e. The fraction of sp³-hybridized carbons (Fsp3) is 0.346. The Kier molecular flexibility index (Phi) is 8.39. The zero-order chi connectivity index (χ0) is 24.8. The van der Waals surface area contributed by atoms with Gasteiger partial charge in [0, 0.05) is 17.9 Å². The van der Waals surface area contributed by atoms with Crippen LogP contribution in [0.3, 0.4) is 0 Å². The molecule has 1 aliphatic rings. The molecule has 0 aliphatic carbocycles. The second-order valence-corrected chi connectivity index (χ2v) is 8.98. The number of allylic oxidation sites excluding steroid dienone is 1. The van der Waals surface area contributed by atoms with E-state index in [1.54, 1.807) is 24.3 Å². The fourth-order valence-electron chi connectivity index (χ4n) is 3.75. The highest BCUT2D eigenvalue weighted by atomic mass is 32.1. The van der Waals surface area contributed by atoms with Gasteiger partial charge in [0.05, 0.1) is 24.6 Å². The van der Waals surface area contributed by atoms with E-state index in [2.05, 4.69) is 10.6 Å². The van der Waals surface area contributed by atoms with Gasteiger partial charge in [0.2, 0.25) is 5.91 Å². The maximum absolute atomic E-state index is 13.1. The number of halogens is 1. The van der Waals surface area contributed by atoms with Gasteiger partial charge in [0.1, 0.15) is 5.82 Å². The van der Waals surface area contributed by atoms with Gasteiger partial charge < -0.3 is 20.3 Å². The standard InChI is InChI=1S/C26H30FN3O3S/c1-5-30-17(4)23(25(32)33-15-16(2)3)24(29-26(30)34)19-8-12-21(13-9-19)28-22(31)14-18-6-10-20(27)11-7-18/h6-13,16,24H,5,14-15H2,1-4H3,(H,28,31)(H,29,34). The van der Waals surface area contributed by atoms with Crippen LogP contribution in [0.15, 0.2) is 59.8 Å². The maximum atomic E-state index is 13.1. The van der Waals surface area contributed by atoms with Crippen LogP contribution in [0, 0.1) is 11.7 Å². The first kappa shape index (κ1) is 25.4. The number of carbonyl (C=O) groups is 2. The molecule has 3 rings (SSSR count). The number of amides is 1. The third kappa shape index (κ3) is 6.20. The molecular formula is C26H30FN3O3S. The molecule has 0 aromatic heterocycles. The van der Waals surface area contributed by atoms with Crippen LogP contribution >= 0.6 is 12.2 Å². The van der Waals surface area contributed by atoms with Crippen molar-refractivity contribution in [3.05, 3.63) is 76.7 Å². The molecule has 1 heterocycles. The lowest BCUT2D eigenvalue weighted by Crippen LogP contribution is -2.47. The Morgan fingerprint density at radius 2 is 1.79 bits per heavy atom. The molecule has 0 saturated heterocycles. The average molecular weight is 484 g/mol. The number of carbonyl (C=O) groups excluding carboxylic acids is 2. The van der Waals surface area contributed by atoms with Crippen LogP contribution in [0.1, 0.15) is 44.9 Å². The Hall–Kier alpha value is -3.26. The summed E-state index contributed by atoms with van der Waals surface area (Å²) in [7, 11) is 0. The Balaban J connectivity index is 1.78. The third-order valence-electron chi connectivity index (χ3n) is 5.49. The summed E-state index contributed by atoms with van der Waals surface area (Å²) in [4.78, 5) is 27.2. The Morgan fingerprint density at radius 1 is 1.15 bits per heavy atom. The van der Waals surface area contributed by atoms with Crippen LogP contribution in [-0.2, 0) is 20.7 Å². The molecule has 0 fully saturated rings. The summed E-state index contributed by atoms with van der Waals surface area (Å²) in [6.45, 7) is 8.78. The van der Waals surface area contributed by atoms with Crippen molar-refractivity contribution in [3.63, 3.8) is 0 Å².